The summed E-state index contributed by atoms with van der Waals surface area (Å²) in [5.41, 5.74) is 0.458. The number of anilines is 1. The molecule has 0 spiro atoms. The number of methoxy groups -OCH3 is 2. The minimum atomic E-state index is -3.61. The van der Waals surface area contributed by atoms with Gasteiger partial charge in [0.15, 0.2) is 0 Å². The van der Waals surface area contributed by atoms with Gasteiger partial charge in [0, 0.05) is 13.1 Å². The van der Waals surface area contributed by atoms with Crippen LogP contribution in [0.3, 0.4) is 0 Å². The molecule has 1 amide bonds. The fraction of sp³-hybridized carbons (Fsp3) is 0.368. The lowest BCUT2D eigenvalue weighted by atomic mass is 9.98. The Labute approximate surface area is 173 Å². The lowest BCUT2D eigenvalue weighted by Crippen LogP contribution is -2.43. The average molecular weight is 439 g/mol. The van der Waals surface area contributed by atoms with Gasteiger partial charge in [-0.05, 0) is 42.5 Å². The SMILES string of the molecule is COC(=O)c1cc(OC)ccc1NC(=O)C1CCCN(S(=O)(=O)c2cccs2)C1. The molecular formula is C19H22N2O6S2. The molecule has 3 rings (SSSR count). The Morgan fingerprint density at radius 3 is 2.69 bits per heavy atom. The fourth-order valence-corrected chi connectivity index (χ4v) is 5.85. The highest BCUT2D eigenvalue weighted by atomic mass is 32.2. The number of carbonyl (C=O) groups is 2. The Hall–Kier alpha value is -2.43. The number of nitrogens with one attached hydrogen (secondary N) is 1. The number of hydrogen-bond donors (Lipinski definition) is 1. The molecule has 1 unspecified atom stereocenters. The number of piperidine rings is 1. The zero-order valence-electron chi connectivity index (χ0n) is 16.1. The average Bonchev–Trinajstić information content (AvgIpc) is 3.29. The highest BCUT2D eigenvalue weighted by Crippen LogP contribution is 2.28. The van der Waals surface area contributed by atoms with Gasteiger partial charge in [0.2, 0.25) is 5.91 Å². The Kier molecular flexibility index (Phi) is 6.56. The smallest absolute Gasteiger partial charge is 0.340 e. The molecule has 10 heteroatoms. The molecule has 1 fully saturated rings. The minimum Gasteiger partial charge on any atom is -0.497 e. The fourth-order valence-electron chi connectivity index (χ4n) is 3.19. The molecule has 2 aromatic rings. The first kappa shape index (κ1) is 21.3. The van der Waals surface area contributed by atoms with E-state index in [9.17, 15) is 18.0 Å². The molecule has 2 heterocycles. The van der Waals surface area contributed by atoms with Crippen molar-refractivity contribution in [2.45, 2.75) is 17.1 Å². The molecule has 8 nitrogen and oxygen atoms in total. The summed E-state index contributed by atoms with van der Waals surface area (Å²) in [6.07, 6.45) is 1.14. The molecule has 0 radical (unpaired) electrons. The highest BCUT2D eigenvalue weighted by Gasteiger charge is 2.34. The molecule has 1 atom stereocenters. The Morgan fingerprint density at radius 2 is 2.03 bits per heavy atom. The van der Waals surface area contributed by atoms with Crippen LogP contribution in [0, 0.1) is 5.92 Å². The van der Waals surface area contributed by atoms with Gasteiger partial charge in [0.1, 0.15) is 9.96 Å². The monoisotopic (exact) mass is 438 g/mol. The summed E-state index contributed by atoms with van der Waals surface area (Å²) in [6, 6.07) is 7.91. The number of nitrogens with zero attached hydrogens (tertiary/aromatic N) is 1. The molecule has 0 aliphatic carbocycles. The first-order valence-corrected chi connectivity index (χ1v) is 11.3. The number of thiophene rings is 1. The number of amides is 1. The summed E-state index contributed by atoms with van der Waals surface area (Å²) < 4.78 is 37.0. The third-order valence-corrected chi connectivity index (χ3v) is 7.97. The van der Waals surface area contributed by atoms with E-state index in [1.165, 1.54) is 24.6 Å². The van der Waals surface area contributed by atoms with Crippen LogP contribution in [0.2, 0.25) is 0 Å². The number of sulfonamides is 1. The van der Waals surface area contributed by atoms with Crippen molar-refractivity contribution >= 4 is 38.9 Å². The van der Waals surface area contributed by atoms with E-state index in [1.807, 2.05) is 0 Å². The van der Waals surface area contributed by atoms with Crippen LogP contribution in [0.25, 0.3) is 0 Å². The quantitative estimate of drug-likeness (QED) is 0.696. The first-order chi connectivity index (χ1) is 13.9. The summed E-state index contributed by atoms with van der Waals surface area (Å²) in [7, 11) is -0.888. The van der Waals surface area contributed by atoms with Crippen LogP contribution in [0.4, 0.5) is 5.69 Å². The second-order valence-electron chi connectivity index (χ2n) is 6.53. The summed E-state index contributed by atoms with van der Waals surface area (Å²) in [4.78, 5) is 24.9. The number of esters is 1. The molecule has 0 saturated carbocycles. The van der Waals surface area contributed by atoms with Gasteiger partial charge in [-0.3, -0.25) is 4.79 Å². The van der Waals surface area contributed by atoms with E-state index in [0.29, 0.717) is 30.8 Å². The minimum absolute atomic E-state index is 0.0930. The van der Waals surface area contributed by atoms with Crippen LogP contribution in [-0.2, 0) is 19.6 Å². The summed E-state index contributed by atoms with van der Waals surface area (Å²) in [5, 5.41) is 4.45. The van der Waals surface area contributed by atoms with E-state index in [2.05, 4.69) is 5.32 Å². The zero-order valence-corrected chi connectivity index (χ0v) is 17.7. The van der Waals surface area contributed by atoms with E-state index in [-0.39, 0.29) is 22.2 Å². The van der Waals surface area contributed by atoms with Crippen molar-refractivity contribution in [1.82, 2.24) is 4.31 Å². The van der Waals surface area contributed by atoms with E-state index in [0.717, 1.165) is 11.3 Å². The normalized spacial score (nSPS) is 17.5. The van der Waals surface area contributed by atoms with Crippen molar-refractivity contribution in [3.05, 3.63) is 41.3 Å². The summed E-state index contributed by atoms with van der Waals surface area (Å²) >= 11 is 1.15. The van der Waals surface area contributed by atoms with E-state index < -0.39 is 21.9 Å². The predicted octanol–water partition coefficient (Wildman–Crippen LogP) is 2.58. The number of ether oxygens (including phenoxy) is 2. The molecule has 1 saturated heterocycles. The zero-order chi connectivity index (χ0) is 21.0. The highest BCUT2D eigenvalue weighted by molar-refractivity contribution is 7.91. The molecule has 29 heavy (non-hydrogen) atoms. The van der Waals surface area contributed by atoms with E-state index in [1.54, 1.807) is 29.6 Å². The van der Waals surface area contributed by atoms with Crippen molar-refractivity contribution in [3.63, 3.8) is 0 Å². The maximum Gasteiger partial charge on any atom is 0.340 e. The number of rotatable bonds is 6. The van der Waals surface area contributed by atoms with Crippen LogP contribution in [-0.4, -0.2) is 51.9 Å². The molecular weight excluding hydrogens is 416 g/mol. The second kappa shape index (κ2) is 8.93. The standard InChI is InChI=1S/C19H22N2O6S2/c1-26-14-7-8-16(15(11-14)19(23)27-2)20-18(22)13-5-3-9-21(12-13)29(24,25)17-6-4-10-28-17/h4,6-8,10-11,13H,3,5,9,12H2,1-2H3,(H,20,22). The maximum absolute atomic E-state index is 12.8. The van der Waals surface area contributed by atoms with Gasteiger partial charge in [-0.2, -0.15) is 4.31 Å². The van der Waals surface area contributed by atoms with Gasteiger partial charge in [-0.1, -0.05) is 6.07 Å². The van der Waals surface area contributed by atoms with Gasteiger partial charge in [-0.15, -0.1) is 11.3 Å². The van der Waals surface area contributed by atoms with Gasteiger partial charge in [-0.25, -0.2) is 13.2 Å². The molecule has 1 N–H and O–H groups in total. The maximum atomic E-state index is 12.8. The van der Waals surface area contributed by atoms with Crippen molar-refractivity contribution in [2.24, 2.45) is 5.92 Å². The number of carbonyl (C=O) groups excluding carboxylic acids is 2. The van der Waals surface area contributed by atoms with Crippen molar-refractivity contribution in [1.29, 1.82) is 0 Å². The Balaban J connectivity index is 1.77. The number of benzene rings is 1. The molecule has 156 valence electrons. The summed E-state index contributed by atoms with van der Waals surface area (Å²) in [6.45, 7) is 0.468. The summed E-state index contributed by atoms with van der Waals surface area (Å²) in [5.74, 6) is -1.02. The third-order valence-electron chi connectivity index (χ3n) is 4.73. The lowest BCUT2D eigenvalue weighted by Gasteiger charge is -2.30. The van der Waals surface area contributed by atoms with Gasteiger partial charge in [0.25, 0.3) is 10.0 Å². The van der Waals surface area contributed by atoms with Crippen molar-refractivity contribution in [3.8, 4) is 5.75 Å². The molecule has 1 aromatic heterocycles. The van der Waals surface area contributed by atoms with Crippen LogP contribution in [0.5, 0.6) is 5.75 Å². The van der Waals surface area contributed by atoms with Crippen LogP contribution in [0.1, 0.15) is 23.2 Å². The van der Waals surface area contributed by atoms with Gasteiger partial charge >= 0.3 is 5.97 Å². The van der Waals surface area contributed by atoms with E-state index in [4.69, 9.17) is 9.47 Å². The van der Waals surface area contributed by atoms with Crippen LogP contribution < -0.4 is 10.1 Å². The molecule has 1 aromatic carbocycles. The number of hydrogen-bond acceptors (Lipinski definition) is 7. The van der Waals surface area contributed by atoms with Crippen molar-refractivity contribution < 1.29 is 27.5 Å². The second-order valence-corrected chi connectivity index (χ2v) is 9.64. The first-order valence-electron chi connectivity index (χ1n) is 8.97. The van der Waals surface area contributed by atoms with Crippen LogP contribution in [0.15, 0.2) is 39.9 Å². The molecule has 1 aliphatic rings. The Bertz CT molecular complexity index is 988. The third kappa shape index (κ3) is 4.60. The van der Waals surface area contributed by atoms with Gasteiger partial charge in [0.05, 0.1) is 31.4 Å². The molecule has 1 aliphatic heterocycles. The largest absolute Gasteiger partial charge is 0.497 e. The predicted molar refractivity (Wildman–Crippen MR) is 109 cm³/mol. The topological polar surface area (TPSA) is 102 Å². The Morgan fingerprint density at radius 1 is 1.24 bits per heavy atom. The molecule has 0 bridgehead atoms. The van der Waals surface area contributed by atoms with Crippen LogP contribution >= 0.6 is 11.3 Å². The van der Waals surface area contributed by atoms with E-state index >= 15 is 0 Å². The van der Waals surface area contributed by atoms with Crippen molar-refractivity contribution in [2.75, 3.05) is 32.6 Å². The lowest BCUT2D eigenvalue weighted by molar-refractivity contribution is -0.120. The van der Waals surface area contributed by atoms with Gasteiger partial charge < -0.3 is 14.8 Å².